The molecule has 0 bridgehead atoms. The van der Waals surface area contributed by atoms with Crippen molar-refractivity contribution in [3.63, 3.8) is 0 Å². The fraction of sp³-hybridized carbons (Fsp3) is 0.111. The second-order valence-electron chi connectivity index (χ2n) is 5.80. The Morgan fingerprint density at radius 2 is 1.09 bits per heavy atom. The van der Waals surface area contributed by atoms with Crippen LogP contribution in [0.25, 0.3) is 33.2 Å². The van der Waals surface area contributed by atoms with E-state index in [1.165, 1.54) is 0 Å². The third-order valence-electron chi connectivity index (χ3n) is 4.10. The van der Waals surface area contributed by atoms with Gasteiger partial charge in [-0.05, 0) is 38.1 Å². The predicted octanol–water partition coefficient (Wildman–Crippen LogP) is 4.34. The zero-order chi connectivity index (χ0) is 15.4. The Morgan fingerprint density at radius 3 is 1.50 bits per heavy atom. The predicted molar refractivity (Wildman–Crippen MR) is 88.4 cm³/mol. The van der Waals surface area contributed by atoms with Crippen LogP contribution in [0, 0.1) is 13.8 Å². The maximum absolute atomic E-state index is 10.5. The van der Waals surface area contributed by atoms with Crippen LogP contribution in [0.5, 0.6) is 11.5 Å². The summed E-state index contributed by atoms with van der Waals surface area (Å²) in [6.07, 6.45) is 0. The standard InChI is InChI=1S/C18H16N2O2/c1-9-3-5-13-11(7-9)17(21)15(19-13)16-18(22)12-8-10(2)4-6-14(12)20-16/h3-8,19-22H,1-2H3. The molecule has 0 atom stereocenters. The van der Waals surface area contributed by atoms with Crippen LogP contribution in [0.15, 0.2) is 36.4 Å². The third kappa shape index (κ3) is 1.70. The summed E-state index contributed by atoms with van der Waals surface area (Å²) in [7, 11) is 0. The molecule has 4 nitrogen and oxygen atoms in total. The van der Waals surface area contributed by atoms with Crippen LogP contribution in [0.1, 0.15) is 11.1 Å². The van der Waals surface area contributed by atoms with Gasteiger partial charge in [0.2, 0.25) is 0 Å². The van der Waals surface area contributed by atoms with Gasteiger partial charge in [0.05, 0.1) is 0 Å². The van der Waals surface area contributed by atoms with Crippen molar-refractivity contribution in [1.29, 1.82) is 0 Å². The lowest BCUT2D eigenvalue weighted by Crippen LogP contribution is -1.78. The van der Waals surface area contributed by atoms with E-state index in [1.807, 2.05) is 50.2 Å². The molecule has 0 unspecified atom stereocenters. The molecule has 0 spiro atoms. The number of hydrogen-bond acceptors (Lipinski definition) is 2. The average molecular weight is 292 g/mol. The van der Waals surface area contributed by atoms with Gasteiger partial charge in [-0.25, -0.2) is 0 Å². The fourth-order valence-electron chi connectivity index (χ4n) is 2.94. The molecule has 0 amide bonds. The summed E-state index contributed by atoms with van der Waals surface area (Å²) in [4.78, 5) is 6.37. The Bertz CT molecular complexity index is 941. The normalized spacial score (nSPS) is 11.5. The van der Waals surface area contributed by atoms with E-state index >= 15 is 0 Å². The van der Waals surface area contributed by atoms with Gasteiger partial charge < -0.3 is 20.2 Å². The summed E-state index contributed by atoms with van der Waals surface area (Å²) in [5, 5.41) is 22.5. The van der Waals surface area contributed by atoms with E-state index in [-0.39, 0.29) is 11.5 Å². The minimum absolute atomic E-state index is 0.150. The molecule has 0 aliphatic heterocycles. The van der Waals surface area contributed by atoms with Crippen LogP contribution in [0.4, 0.5) is 0 Å². The van der Waals surface area contributed by atoms with E-state index < -0.39 is 0 Å². The van der Waals surface area contributed by atoms with Gasteiger partial charge in [0.25, 0.3) is 0 Å². The summed E-state index contributed by atoms with van der Waals surface area (Å²) < 4.78 is 0. The highest BCUT2D eigenvalue weighted by Crippen LogP contribution is 2.42. The molecular weight excluding hydrogens is 276 g/mol. The topological polar surface area (TPSA) is 72.0 Å². The zero-order valence-corrected chi connectivity index (χ0v) is 12.4. The molecule has 0 saturated carbocycles. The van der Waals surface area contributed by atoms with Crippen LogP contribution in [-0.4, -0.2) is 20.2 Å². The Morgan fingerprint density at radius 1 is 0.682 bits per heavy atom. The van der Waals surface area contributed by atoms with E-state index in [9.17, 15) is 10.2 Å². The lowest BCUT2D eigenvalue weighted by atomic mass is 10.1. The number of hydrogen-bond donors (Lipinski definition) is 4. The van der Waals surface area contributed by atoms with E-state index in [0.717, 1.165) is 32.9 Å². The maximum Gasteiger partial charge on any atom is 0.150 e. The van der Waals surface area contributed by atoms with Gasteiger partial charge in [0.15, 0.2) is 11.5 Å². The number of nitrogens with one attached hydrogen (secondary N) is 2. The maximum atomic E-state index is 10.5. The summed E-state index contributed by atoms with van der Waals surface area (Å²) in [5.41, 5.74) is 4.84. The summed E-state index contributed by atoms with van der Waals surface area (Å²) in [5.74, 6) is 0.301. The molecule has 2 aromatic carbocycles. The van der Waals surface area contributed by atoms with Crippen molar-refractivity contribution < 1.29 is 10.2 Å². The van der Waals surface area contributed by atoms with E-state index in [0.29, 0.717) is 11.4 Å². The van der Waals surface area contributed by atoms with Crippen molar-refractivity contribution in [3.05, 3.63) is 47.5 Å². The lowest BCUT2D eigenvalue weighted by molar-refractivity contribution is 0.475. The van der Waals surface area contributed by atoms with E-state index in [1.54, 1.807) is 0 Å². The minimum Gasteiger partial charge on any atom is -0.505 e. The molecule has 4 heteroatoms. The number of aromatic amines is 2. The third-order valence-corrected chi connectivity index (χ3v) is 4.10. The van der Waals surface area contributed by atoms with Crippen LogP contribution < -0.4 is 0 Å². The quantitative estimate of drug-likeness (QED) is 0.421. The molecule has 0 aliphatic rings. The molecule has 4 rings (SSSR count). The number of benzene rings is 2. The van der Waals surface area contributed by atoms with Crippen molar-refractivity contribution in [2.75, 3.05) is 0 Å². The number of H-pyrrole nitrogens is 2. The first-order valence-corrected chi connectivity index (χ1v) is 7.17. The van der Waals surface area contributed by atoms with Gasteiger partial charge in [-0.1, -0.05) is 23.3 Å². The highest BCUT2D eigenvalue weighted by molar-refractivity contribution is 5.99. The van der Waals surface area contributed by atoms with Gasteiger partial charge in [0.1, 0.15) is 11.4 Å². The summed E-state index contributed by atoms with van der Waals surface area (Å²) in [6, 6.07) is 11.7. The summed E-state index contributed by atoms with van der Waals surface area (Å²) in [6.45, 7) is 3.96. The van der Waals surface area contributed by atoms with Crippen LogP contribution in [0.2, 0.25) is 0 Å². The van der Waals surface area contributed by atoms with Gasteiger partial charge in [0, 0.05) is 21.8 Å². The first-order valence-electron chi connectivity index (χ1n) is 7.17. The minimum atomic E-state index is 0.150. The number of fused-ring (bicyclic) bond motifs is 2. The van der Waals surface area contributed by atoms with Gasteiger partial charge in [-0.2, -0.15) is 0 Å². The van der Waals surface area contributed by atoms with Crippen LogP contribution >= 0.6 is 0 Å². The molecule has 22 heavy (non-hydrogen) atoms. The molecule has 0 aliphatic carbocycles. The highest BCUT2D eigenvalue weighted by Gasteiger charge is 2.19. The molecular formula is C18H16N2O2. The Balaban J connectivity index is 2.03. The van der Waals surface area contributed by atoms with Gasteiger partial charge in [-0.3, -0.25) is 0 Å². The molecule has 4 aromatic rings. The monoisotopic (exact) mass is 292 g/mol. The van der Waals surface area contributed by atoms with Gasteiger partial charge >= 0.3 is 0 Å². The molecule has 0 fully saturated rings. The molecule has 0 radical (unpaired) electrons. The van der Waals surface area contributed by atoms with Crippen molar-refractivity contribution in [3.8, 4) is 22.9 Å². The number of aryl methyl sites for hydroxylation is 2. The molecule has 110 valence electrons. The van der Waals surface area contributed by atoms with Crippen molar-refractivity contribution in [1.82, 2.24) is 9.97 Å². The first kappa shape index (κ1) is 12.8. The number of rotatable bonds is 1. The Kier molecular flexibility index (Phi) is 2.51. The van der Waals surface area contributed by atoms with Crippen molar-refractivity contribution >= 4 is 21.8 Å². The molecule has 2 aromatic heterocycles. The smallest absolute Gasteiger partial charge is 0.150 e. The Hall–Kier alpha value is -2.88. The van der Waals surface area contributed by atoms with Gasteiger partial charge in [-0.15, -0.1) is 0 Å². The van der Waals surface area contributed by atoms with E-state index in [4.69, 9.17) is 0 Å². The van der Waals surface area contributed by atoms with E-state index in [2.05, 4.69) is 9.97 Å². The molecule has 4 N–H and O–H groups in total. The summed E-state index contributed by atoms with van der Waals surface area (Å²) >= 11 is 0. The fourth-order valence-corrected chi connectivity index (χ4v) is 2.94. The zero-order valence-electron chi connectivity index (χ0n) is 12.4. The molecule has 0 saturated heterocycles. The first-order chi connectivity index (χ1) is 10.5. The lowest BCUT2D eigenvalue weighted by Gasteiger charge is -1.97. The SMILES string of the molecule is Cc1ccc2[nH]c(-c3[nH]c4ccc(C)cc4c3O)c(O)c2c1. The second-order valence-corrected chi connectivity index (χ2v) is 5.80. The molecule has 2 heterocycles. The largest absolute Gasteiger partial charge is 0.505 e. The van der Waals surface area contributed by atoms with Crippen LogP contribution in [0.3, 0.4) is 0 Å². The average Bonchev–Trinajstić information content (AvgIpc) is 2.98. The van der Waals surface area contributed by atoms with Crippen molar-refractivity contribution in [2.24, 2.45) is 0 Å². The van der Waals surface area contributed by atoms with Crippen LogP contribution in [-0.2, 0) is 0 Å². The number of aromatic hydroxyl groups is 2. The highest BCUT2D eigenvalue weighted by atomic mass is 16.3. The number of aromatic nitrogens is 2. The van der Waals surface area contributed by atoms with Crippen molar-refractivity contribution in [2.45, 2.75) is 13.8 Å². The second kappa shape index (κ2) is 4.31. The Labute approximate surface area is 127 Å².